The van der Waals surface area contributed by atoms with E-state index >= 15 is 0 Å². The van der Waals surface area contributed by atoms with Crippen LogP contribution in [0.5, 0.6) is 5.75 Å². The van der Waals surface area contributed by atoms with Crippen molar-refractivity contribution in [2.75, 3.05) is 0 Å². The van der Waals surface area contributed by atoms with Crippen molar-refractivity contribution in [2.24, 2.45) is 11.8 Å². The second-order valence-corrected chi connectivity index (χ2v) is 10.5. The molecular weight excluding hydrogens is 388 g/mol. The number of carbonyl (C=O) groups excluding carboxylic acids is 1. The first-order valence-electron chi connectivity index (χ1n) is 9.32. The molecule has 0 aromatic heterocycles. The number of hydrogen-bond acceptors (Lipinski definition) is 6. The quantitative estimate of drug-likeness (QED) is 0.401. The number of esters is 1. The van der Waals surface area contributed by atoms with Gasteiger partial charge >= 0.3 is 5.97 Å². The van der Waals surface area contributed by atoms with Gasteiger partial charge in [0.25, 0.3) is 10.1 Å². The lowest BCUT2D eigenvalue weighted by Gasteiger charge is -2.33. The third-order valence-electron chi connectivity index (χ3n) is 5.95. The Morgan fingerprint density at radius 1 is 1.19 bits per heavy atom. The molecule has 2 aliphatic rings. The smallest absolute Gasteiger partial charge is 0.315 e. The van der Waals surface area contributed by atoms with Gasteiger partial charge in [0.05, 0.1) is 16.4 Å². The Labute approximate surface area is 164 Å². The van der Waals surface area contributed by atoms with Crippen molar-refractivity contribution >= 4 is 27.8 Å². The summed E-state index contributed by atoms with van der Waals surface area (Å²) in [5.74, 6) is 0.231. The Bertz CT molecular complexity index is 785. The van der Waals surface area contributed by atoms with Crippen LogP contribution in [0.25, 0.3) is 0 Å². The largest absolute Gasteiger partial charge is 0.426 e. The summed E-state index contributed by atoms with van der Waals surface area (Å²) in [7, 11) is -4.26. The van der Waals surface area contributed by atoms with Gasteiger partial charge in [-0.15, -0.1) is 0 Å². The van der Waals surface area contributed by atoms with Gasteiger partial charge in [0, 0.05) is 10.5 Å². The highest BCUT2D eigenvalue weighted by atomic mass is 32.2. The van der Waals surface area contributed by atoms with Crippen LogP contribution < -0.4 is 4.74 Å². The van der Waals surface area contributed by atoms with Crippen LogP contribution in [-0.4, -0.2) is 40.1 Å². The lowest BCUT2D eigenvalue weighted by atomic mass is 9.75. The molecule has 0 aliphatic carbocycles. The van der Waals surface area contributed by atoms with Gasteiger partial charge in [-0.25, -0.2) is 0 Å². The minimum absolute atomic E-state index is 0.172. The summed E-state index contributed by atoms with van der Waals surface area (Å²) in [4.78, 5) is 12.3. The maximum absolute atomic E-state index is 12.5. The molecule has 0 amide bonds. The van der Waals surface area contributed by atoms with E-state index in [1.807, 2.05) is 25.6 Å². The van der Waals surface area contributed by atoms with Gasteiger partial charge in [-0.2, -0.15) is 20.2 Å². The maximum Gasteiger partial charge on any atom is 0.315 e. The number of benzene rings is 1. The molecule has 6 nitrogen and oxygen atoms in total. The third kappa shape index (κ3) is 4.50. The highest BCUT2D eigenvalue weighted by Gasteiger charge is 2.51. The van der Waals surface area contributed by atoms with Gasteiger partial charge in [0.1, 0.15) is 5.75 Å². The van der Waals surface area contributed by atoms with Crippen molar-refractivity contribution in [2.45, 2.75) is 66.9 Å². The van der Waals surface area contributed by atoms with Gasteiger partial charge in [-0.05, 0) is 62.3 Å². The first kappa shape index (κ1) is 20.6. The number of hydrogen-bond donors (Lipinski definition) is 2. The van der Waals surface area contributed by atoms with Gasteiger partial charge in [0.15, 0.2) is 0 Å². The molecule has 1 aromatic rings. The minimum atomic E-state index is -4.26. The molecule has 2 N–H and O–H groups in total. The molecule has 4 atom stereocenters. The molecule has 1 aromatic carbocycles. The van der Waals surface area contributed by atoms with Gasteiger partial charge in [-0.1, -0.05) is 13.8 Å². The van der Waals surface area contributed by atoms with Crippen LogP contribution >= 0.6 is 11.8 Å². The Balaban J connectivity index is 1.58. The number of fused-ring (bicyclic) bond motifs is 2. The van der Waals surface area contributed by atoms with Crippen LogP contribution in [0.15, 0.2) is 29.2 Å². The standard InChI is InChI=1S/C19H26O6S2/c1-3-19(21,4-2)11-12-9-17-15(10-16(12)26-17)18(20)25-13-5-7-14(8-6-13)27(22,23)24/h5-8,12,15-17,21H,3-4,9-11H2,1-2H3,(H,22,23,24). The fourth-order valence-corrected chi connectivity index (χ4v) is 6.56. The summed E-state index contributed by atoms with van der Waals surface area (Å²) >= 11 is 1.83. The van der Waals surface area contributed by atoms with Gasteiger partial charge in [-0.3, -0.25) is 9.35 Å². The van der Waals surface area contributed by atoms with Crippen molar-refractivity contribution in [3.05, 3.63) is 24.3 Å². The van der Waals surface area contributed by atoms with Crippen molar-refractivity contribution in [3.8, 4) is 5.75 Å². The van der Waals surface area contributed by atoms with E-state index in [0.717, 1.165) is 32.1 Å². The molecular formula is C19H26O6S2. The molecule has 0 radical (unpaired) electrons. The molecule has 2 heterocycles. The number of carbonyl (C=O) groups is 1. The number of thioether (sulfide) groups is 1. The highest BCUT2D eigenvalue weighted by Crippen LogP contribution is 2.55. The molecule has 2 bridgehead atoms. The predicted octanol–water partition coefficient (Wildman–Crippen LogP) is 3.29. The topological polar surface area (TPSA) is 101 Å². The van der Waals surface area contributed by atoms with E-state index in [0.29, 0.717) is 11.2 Å². The summed E-state index contributed by atoms with van der Waals surface area (Å²) in [6.07, 6.45) is 3.94. The minimum Gasteiger partial charge on any atom is -0.426 e. The van der Waals surface area contributed by atoms with E-state index in [2.05, 4.69) is 0 Å². The van der Waals surface area contributed by atoms with E-state index < -0.39 is 15.7 Å². The average Bonchev–Trinajstić information content (AvgIpc) is 3.21. The fourth-order valence-electron chi connectivity index (χ4n) is 4.11. The number of ether oxygens (including phenoxy) is 1. The van der Waals surface area contributed by atoms with Crippen molar-refractivity contribution in [1.29, 1.82) is 0 Å². The van der Waals surface area contributed by atoms with Crippen molar-refractivity contribution in [1.82, 2.24) is 0 Å². The van der Waals surface area contributed by atoms with Crippen LogP contribution in [0.4, 0.5) is 0 Å². The summed E-state index contributed by atoms with van der Waals surface area (Å²) in [6.45, 7) is 4.02. The van der Waals surface area contributed by atoms with E-state index in [1.165, 1.54) is 24.3 Å². The maximum atomic E-state index is 12.5. The van der Waals surface area contributed by atoms with E-state index in [-0.39, 0.29) is 27.8 Å². The SMILES string of the molecule is CCC(O)(CC)CC1CC2SC1CC2C(=O)Oc1ccc(S(=O)(=O)O)cc1. The molecule has 0 saturated carbocycles. The van der Waals surface area contributed by atoms with Crippen LogP contribution in [0.3, 0.4) is 0 Å². The first-order valence-corrected chi connectivity index (χ1v) is 11.7. The zero-order valence-corrected chi connectivity index (χ0v) is 17.1. The van der Waals surface area contributed by atoms with Crippen LogP contribution in [0.2, 0.25) is 0 Å². The molecule has 2 fully saturated rings. The summed E-state index contributed by atoms with van der Waals surface area (Å²) in [5.41, 5.74) is -0.611. The van der Waals surface area contributed by atoms with Crippen LogP contribution in [0, 0.1) is 11.8 Å². The van der Waals surface area contributed by atoms with Gasteiger partial charge in [0.2, 0.25) is 0 Å². The number of rotatable bonds is 7. The third-order valence-corrected chi connectivity index (χ3v) is 8.61. The second kappa shape index (κ2) is 7.73. The normalized spacial score (nSPS) is 27.7. The second-order valence-electron chi connectivity index (χ2n) is 7.55. The zero-order valence-electron chi connectivity index (χ0n) is 15.5. The zero-order chi connectivity index (χ0) is 19.8. The van der Waals surface area contributed by atoms with E-state index in [9.17, 15) is 18.3 Å². The molecule has 2 aliphatic heterocycles. The van der Waals surface area contributed by atoms with E-state index in [1.54, 1.807) is 0 Å². The monoisotopic (exact) mass is 414 g/mol. The Morgan fingerprint density at radius 3 is 2.30 bits per heavy atom. The average molecular weight is 415 g/mol. The molecule has 4 unspecified atom stereocenters. The molecule has 150 valence electrons. The van der Waals surface area contributed by atoms with Crippen LogP contribution in [-0.2, 0) is 14.9 Å². The van der Waals surface area contributed by atoms with Crippen molar-refractivity contribution < 1.29 is 27.6 Å². The Hall–Kier alpha value is -1.09. The molecule has 27 heavy (non-hydrogen) atoms. The summed E-state index contributed by atoms with van der Waals surface area (Å²) < 4.78 is 36.5. The fraction of sp³-hybridized carbons (Fsp3) is 0.632. The molecule has 2 saturated heterocycles. The molecule has 0 spiro atoms. The first-order chi connectivity index (χ1) is 12.6. The molecule has 8 heteroatoms. The lowest BCUT2D eigenvalue weighted by Crippen LogP contribution is -2.36. The Kier molecular flexibility index (Phi) is 5.91. The molecule has 3 rings (SSSR count). The predicted molar refractivity (Wildman–Crippen MR) is 103 cm³/mol. The Morgan fingerprint density at radius 2 is 1.81 bits per heavy atom. The lowest BCUT2D eigenvalue weighted by molar-refractivity contribution is -0.139. The van der Waals surface area contributed by atoms with Crippen molar-refractivity contribution in [3.63, 3.8) is 0 Å². The number of aliphatic hydroxyl groups is 1. The highest BCUT2D eigenvalue weighted by molar-refractivity contribution is 8.01. The summed E-state index contributed by atoms with van der Waals surface area (Å²) in [6, 6.07) is 5.15. The van der Waals surface area contributed by atoms with Gasteiger partial charge < -0.3 is 9.84 Å². The summed E-state index contributed by atoms with van der Waals surface area (Å²) in [5, 5.41) is 11.2. The van der Waals surface area contributed by atoms with E-state index in [4.69, 9.17) is 9.29 Å². The van der Waals surface area contributed by atoms with Crippen LogP contribution in [0.1, 0.15) is 46.0 Å².